The van der Waals surface area contributed by atoms with Gasteiger partial charge >= 0.3 is 0 Å². The van der Waals surface area contributed by atoms with Crippen LogP contribution in [0.2, 0.25) is 0 Å². The maximum absolute atomic E-state index is 13.1. The van der Waals surface area contributed by atoms with Gasteiger partial charge in [-0.1, -0.05) is 24.3 Å². The molecule has 2 aromatic carbocycles. The number of benzene rings is 2. The summed E-state index contributed by atoms with van der Waals surface area (Å²) in [5.41, 5.74) is 1.70. The van der Waals surface area contributed by atoms with Crippen LogP contribution in [0.25, 0.3) is 0 Å². The van der Waals surface area contributed by atoms with Crippen molar-refractivity contribution in [3.63, 3.8) is 0 Å². The number of amides is 1. The van der Waals surface area contributed by atoms with Crippen LogP contribution in [-0.4, -0.2) is 17.1 Å². The van der Waals surface area contributed by atoms with Crippen LogP contribution >= 0.6 is 0 Å². The highest BCUT2D eigenvalue weighted by Crippen LogP contribution is 2.12. The minimum Gasteiger partial charge on any atom is -0.508 e. The summed E-state index contributed by atoms with van der Waals surface area (Å²) in [5.74, 6) is -0.167. The molecule has 0 aliphatic rings. The van der Waals surface area contributed by atoms with Crippen molar-refractivity contribution in [3.05, 3.63) is 65.5 Å². The predicted molar refractivity (Wildman–Crippen MR) is 84.1 cm³/mol. The van der Waals surface area contributed by atoms with E-state index in [-0.39, 0.29) is 29.9 Å². The Balaban J connectivity index is 1.79. The van der Waals surface area contributed by atoms with Crippen LogP contribution in [0.4, 0.5) is 4.39 Å². The molecule has 1 unspecified atom stereocenters. The topological polar surface area (TPSA) is 49.3 Å². The molecule has 0 heterocycles. The first kappa shape index (κ1) is 16.0. The van der Waals surface area contributed by atoms with Crippen LogP contribution in [0.5, 0.6) is 5.75 Å². The van der Waals surface area contributed by atoms with E-state index in [0.717, 1.165) is 17.5 Å². The minimum atomic E-state index is -0.238. The van der Waals surface area contributed by atoms with E-state index in [1.54, 1.807) is 30.3 Å². The van der Waals surface area contributed by atoms with Crippen molar-refractivity contribution in [2.24, 2.45) is 0 Å². The maximum atomic E-state index is 13.1. The van der Waals surface area contributed by atoms with Crippen LogP contribution in [0.3, 0.4) is 0 Å². The van der Waals surface area contributed by atoms with Gasteiger partial charge in [0.05, 0.1) is 6.42 Å². The van der Waals surface area contributed by atoms with Gasteiger partial charge in [0.25, 0.3) is 0 Å². The molecule has 2 rings (SSSR count). The average Bonchev–Trinajstić information content (AvgIpc) is 2.45. The van der Waals surface area contributed by atoms with E-state index in [2.05, 4.69) is 5.32 Å². The number of hydrogen-bond donors (Lipinski definition) is 2. The third-order valence-electron chi connectivity index (χ3n) is 3.44. The molecule has 0 radical (unpaired) electrons. The van der Waals surface area contributed by atoms with Crippen LogP contribution in [0.1, 0.15) is 24.5 Å². The van der Waals surface area contributed by atoms with E-state index >= 15 is 0 Å². The molecule has 0 saturated carbocycles. The summed E-state index contributed by atoms with van der Waals surface area (Å²) < 4.78 is 13.1. The molecule has 0 aromatic heterocycles. The predicted octanol–water partition coefficient (Wildman–Crippen LogP) is 3.21. The number of phenolic OH excluding ortho intramolecular Hbond substituents is 1. The third-order valence-corrected chi connectivity index (χ3v) is 3.44. The highest BCUT2D eigenvalue weighted by atomic mass is 19.1. The van der Waals surface area contributed by atoms with Crippen molar-refractivity contribution in [2.75, 3.05) is 0 Å². The zero-order valence-electron chi connectivity index (χ0n) is 12.6. The van der Waals surface area contributed by atoms with Gasteiger partial charge in [0.2, 0.25) is 5.91 Å². The zero-order valence-corrected chi connectivity index (χ0v) is 12.6. The van der Waals surface area contributed by atoms with E-state index in [1.807, 2.05) is 13.0 Å². The molecule has 0 aliphatic carbocycles. The van der Waals surface area contributed by atoms with Crippen molar-refractivity contribution < 1.29 is 14.3 Å². The van der Waals surface area contributed by atoms with Crippen LogP contribution < -0.4 is 5.32 Å². The highest BCUT2D eigenvalue weighted by Gasteiger charge is 2.09. The molecule has 2 N–H and O–H groups in total. The molecule has 22 heavy (non-hydrogen) atoms. The van der Waals surface area contributed by atoms with E-state index in [4.69, 9.17) is 0 Å². The molecule has 3 nitrogen and oxygen atoms in total. The summed E-state index contributed by atoms with van der Waals surface area (Å²) in [7, 11) is 0. The van der Waals surface area contributed by atoms with Gasteiger partial charge in [-0.15, -0.1) is 0 Å². The Labute approximate surface area is 129 Å². The molecule has 0 spiro atoms. The molecular formula is C18H20FNO2. The Morgan fingerprint density at radius 3 is 2.64 bits per heavy atom. The fourth-order valence-corrected chi connectivity index (χ4v) is 2.33. The van der Waals surface area contributed by atoms with Crippen molar-refractivity contribution >= 4 is 5.91 Å². The Morgan fingerprint density at radius 2 is 1.91 bits per heavy atom. The van der Waals surface area contributed by atoms with Crippen LogP contribution in [0.15, 0.2) is 48.5 Å². The lowest BCUT2D eigenvalue weighted by atomic mass is 10.1. The Kier molecular flexibility index (Phi) is 5.53. The Hall–Kier alpha value is -2.36. The number of aromatic hydroxyl groups is 1. The van der Waals surface area contributed by atoms with Gasteiger partial charge in [-0.25, -0.2) is 4.39 Å². The van der Waals surface area contributed by atoms with Gasteiger partial charge in [-0.2, -0.15) is 0 Å². The number of carbonyl (C=O) groups is 1. The Morgan fingerprint density at radius 1 is 1.18 bits per heavy atom. The molecule has 116 valence electrons. The standard InChI is InChI=1S/C18H20FNO2/c1-13(8-9-14-4-2-6-16(19)10-14)20-18(22)12-15-5-3-7-17(21)11-15/h2-7,10-11,13,21H,8-9,12H2,1H3,(H,20,22). The molecular weight excluding hydrogens is 281 g/mol. The largest absolute Gasteiger partial charge is 0.508 e. The minimum absolute atomic E-state index is 0.00748. The second-order valence-corrected chi connectivity index (χ2v) is 5.48. The molecule has 1 atom stereocenters. The quantitative estimate of drug-likeness (QED) is 0.860. The fraction of sp³-hybridized carbons (Fsp3) is 0.278. The van der Waals surface area contributed by atoms with E-state index < -0.39 is 0 Å². The third kappa shape index (κ3) is 5.20. The van der Waals surface area contributed by atoms with Gasteiger partial charge in [-0.05, 0) is 55.2 Å². The fourth-order valence-electron chi connectivity index (χ4n) is 2.33. The van der Waals surface area contributed by atoms with Crippen molar-refractivity contribution in [3.8, 4) is 5.75 Å². The summed E-state index contributed by atoms with van der Waals surface area (Å²) in [4.78, 5) is 11.9. The van der Waals surface area contributed by atoms with E-state index in [9.17, 15) is 14.3 Å². The molecule has 0 aliphatic heterocycles. The number of phenols is 1. The molecule has 0 saturated heterocycles. The highest BCUT2D eigenvalue weighted by molar-refractivity contribution is 5.78. The lowest BCUT2D eigenvalue weighted by Gasteiger charge is -2.14. The summed E-state index contributed by atoms with van der Waals surface area (Å²) in [5, 5.41) is 12.3. The van der Waals surface area contributed by atoms with E-state index in [1.165, 1.54) is 12.1 Å². The first-order chi connectivity index (χ1) is 10.5. The SMILES string of the molecule is CC(CCc1cccc(F)c1)NC(=O)Cc1cccc(O)c1. The van der Waals surface area contributed by atoms with Crippen molar-refractivity contribution in [1.29, 1.82) is 0 Å². The van der Waals surface area contributed by atoms with Crippen LogP contribution in [-0.2, 0) is 17.6 Å². The van der Waals surface area contributed by atoms with Gasteiger partial charge in [-0.3, -0.25) is 4.79 Å². The van der Waals surface area contributed by atoms with E-state index in [0.29, 0.717) is 6.42 Å². The molecule has 1 amide bonds. The zero-order chi connectivity index (χ0) is 15.9. The monoisotopic (exact) mass is 301 g/mol. The summed E-state index contributed by atoms with van der Waals surface area (Å²) >= 11 is 0. The lowest BCUT2D eigenvalue weighted by molar-refractivity contribution is -0.121. The second-order valence-electron chi connectivity index (χ2n) is 5.48. The second kappa shape index (κ2) is 7.59. The number of aryl methyl sites for hydroxylation is 1. The molecule has 2 aromatic rings. The first-order valence-corrected chi connectivity index (χ1v) is 7.34. The first-order valence-electron chi connectivity index (χ1n) is 7.34. The number of nitrogens with one attached hydrogen (secondary N) is 1. The number of carbonyl (C=O) groups excluding carboxylic acids is 1. The van der Waals surface area contributed by atoms with Gasteiger partial charge in [0, 0.05) is 6.04 Å². The summed E-state index contributed by atoms with van der Waals surface area (Å²) in [6.07, 6.45) is 1.69. The van der Waals surface area contributed by atoms with Crippen molar-refractivity contribution in [2.45, 2.75) is 32.2 Å². The van der Waals surface area contributed by atoms with Gasteiger partial charge in [0.1, 0.15) is 11.6 Å². The van der Waals surface area contributed by atoms with Crippen molar-refractivity contribution in [1.82, 2.24) is 5.32 Å². The molecule has 4 heteroatoms. The van der Waals surface area contributed by atoms with Crippen LogP contribution in [0, 0.1) is 5.82 Å². The number of halogens is 1. The maximum Gasteiger partial charge on any atom is 0.224 e. The average molecular weight is 301 g/mol. The smallest absolute Gasteiger partial charge is 0.224 e. The Bertz CT molecular complexity index is 642. The normalized spacial score (nSPS) is 11.9. The number of hydrogen-bond acceptors (Lipinski definition) is 2. The molecule has 0 bridgehead atoms. The van der Waals surface area contributed by atoms with Gasteiger partial charge < -0.3 is 10.4 Å². The summed E-state index contributed by atoms with van der Waals surface area (Å²) in [6.45, 7) is 1.93. The summed E-state index contributed by atoms with van der Waals surface area (Å²) in [6, 6.07) is 13.2. The van der Waals surface area contributed by atoms with Gasteiger partial charge in [0.15, 0.2) is 0 Å². The lowest BCUT2D eigenvalue weighted by Crippen LogP contribution is -2.34. The number of rotatable bonds is 6. The molecule has 0 fully saturated rings.